The molecular formula is C26H33N3O5S. The maximum absolute atomic E-state index is 13.5. The minimum absolute atomic E-state index is 0.0169. The lowest BCUT2D eigenvalue weighted by molar-refractivity contribution is 0.0789. The number of aromatic nitrogens is 2. The number of amides is 1. The fourth-order valence-corrected chi connectivity index (χ4v) is 4.66. The molecule has 2 heterocycles. The number of hydrogen-bond acceptors (Lipinski definition) is 7. The van der Waals surface area contributed by atoms with Crippen LogP contribution in [-0.4, -0.2) is 55.8 Å². The van der Waals surface area contributed by atoms with Gasteiger partial charge >= 0.3 is 0 Å². The number of carbonyl (C=O) groups is 1. The quantitative estimate of drug-likeness (QED) is 0.395. The predicted octanol–water partition coefficient (Wildman–Crippen LogP) is 4.63. The number of hydrogen-bond donors (Lipinski definition) is 0. The van der Waals surface area contributed by atoms with Crippen molar-refractivity contribution in [3.8, 4) is 5.75 Å². The third kappa shape index (κ3) is 6.20. The molecular weight excluding hydrogens is 466 g/mol. The molecule has 2 aromatic heterocycles. The van der Waals surface area contributed by atoms with Gasteiger partial charge in [-0.05, 0) is 55.4 Å². The summed E-state index contributed by atoms with van der Waals surface area (Å²) in [6.45, 7) is 7.20. The Bertz CT molecular complexity index is 1340. The second-order valence-corrected chi connectivity index (χ2v) is 12.6. The summed E-state index contributed by atoms with van der Waals surface area (Å²) in [6, 6.07) is 8.34. The molecule has 1 fully saturated rings. The highest BCUT2D eigenvalue weighted by molar-refractivity contribution is 7.90. The summed E-state index contributed by atoms with van der Waals surface area (Å²) in [7, 11) is -1.53. The number of ether oxygens (including phenoxy) is 1. The van der Waals surface area contributed by atoms with E-state index in [0.29, 0.717) is 54.3 Å². The Balaban J connectivity index is 1.47. The Morgan fingerprint density at radius 2 is 1.97 bits per heavy atom. The third-order valence-corrected chi connectivity index (χ3v) is 7.06. The molecule has 9 heteroatoms. The average molecular weight is 500 g/mol. The monoisotopic (exact) mass is 499 g/mol. The van der Waals surface area contributed by atoms with Crippen molar-refractivity contribution in [1.82, 2.24) is 15.0 Å². The van der Waals surface area contributed by atoms with Crippen LogP contribution in [0.5, 0.6) is 5.75 Å². The Kier molecular flexibility index (Phi) is 6.90. The van der Waals surface area contributed by atoms with E-state index in [9.17, 15) is 13.2 Å². The molecule has 1 aromatic carbocycles. The van der Waals surface area contributed by atoms with Crippen molar-refractivity contribution in [3.05, 3.63) is 47.3 Å². The van der Waals surface area contributed by atoms with Crippen LogP contribution in [0.2, 0.25) is 0 Å². The van der Waals surface area contributed by atoms with Crippen LogP contribution in [0.15, 0.2) is 39.8 Å². The first-order chi connectivity index (χ1) is 16.4. The molecule has 1 aliphatic rings. The van der Waals surface area contributed by atoms with Gasteiger partial charge in [0.2, 0.25) is 0 Å². The van der Waals surface area contributed by atoms with Crippen molar-refractivity contribution in [3.63, 3.8) is 0 Å². The van der Waals surface area contributed by atoms with Crippen LogP contribution in [0.3, 0.4) is 0 Å². The molecule has 0 bridgehead atoms. The van der Waals surface area contributed by atoms with Gasteiger partial charge in [0.05, 0.1) is 28.1 Å². The zero-order chi connectivity index (χ0) is 25.4. The van der Waals surface area contributed by atoms with Crippen LogP contribution in [0.1, 0.15) is 67.7 Å². The van der Waals surface area contributed by atoms with Crippen LogP contribution in [0.25, 0.3) is 11.1 Å². The second kappa shape index (κ2) is 9.60. The van der Waals surface area contributed by atoms with Gasteiger partial charge in [0, 0.05) is 31.5 Å². The molecule has 4 rings (SSSR count). The fraction of sp³-hybridized carbons (Fsp3) is 0.500. The van der Waals surface area contributed by atoms with E-state index in [4.69, 9.17) is 9.26 Å². The molecule has 1 aliphatic carbocycles. The zero-order valence-electron chi connectivity index (χ0n) is 21.0. The molecule has 1 saturated carbocycles. The Morgan fingerprint density at radius 1 is 1.23 bits per heavy atom. The molecule has 0 atom stereocenters. The fourth-order valence-electron chi connectivity index (χ4n) is 4.00. The zero-order valence-corrected chi connectivity index (χ0v) is 21.8. The van der Waals surface area contributed by atoms with E-state index in [1.165, 1.54) is 12.3 Å². The number of nitrogens with zero attached hydrogens (tertiary/aromatic N) is 3. The number of fused-ring (bicyclic) bond motifs is 1. The molecule has 0 unspecified atom stereocenters. The smallest absolute Gasteiger partial charge is 0.259 e. The van der Waals surface area contributed by atoms with Crippen molar-refractivity contribution in [2.75, 3.05) is 26.5 Å². The maximum Gasteiger partial charge on any atom is 0.259 e. The van der Waals surface area contributed by atoms with E-state index in [1.807, 2.05) is 6.07 Å². The number of rotatable bonds is 9. The summed E-state index contributed by atoms with van der Waals surface area (Å²) in [4.78, 5) is 20.1. The van der Waals surface area contributed by atoms with Gasteiger partial charge in [-0.3, -0.25) is 4.79 Å². The molecule has 0 aliphatic heterocycles. The third-order valence-electron chi connectivity index (χ3n) is 5.95. The first-order valence-corrected chi connectivity index (χ1v) is 13.8. The Labute approximate surface area is 206 Å². The van der Waals surface area contributed by atoms with Crippen LogP contribution >= 0.6 is 0 Å². The van der Waals surface area contributed by atoms with E-state index in [1.54, 1.807) is 30.1 Å². The van der Waals surface area contributed by atoms with Crippen LogP contribution in [0, 0.1) is 5.41 Å². The van der Waals surface area contributed by atoms with Gasteiger partial charge in [-0.15, -0.1) is 0 Å². The Hall–Kier alpha value is -2.94. The summed E-state index contributed by atoms with van der Waals surface area (Å²) < 4.78 is 34.8. The van der Waals surface area contributed by atoms with Gasteiger partial charge in [0.1, 0.15) is 5.75 Å². The van der Waals surface area contributed by atoms with Gasteiger partial charge in [-0.2, -0.15) is 0 Å². The van der Waals surface area contributed by atoms with Crippen LogP contribution in [-0.2, 0) is 16.3 Å². The molecule has 35 heavy (non-hydrogen) atoms. The average Bonchev–Trinajstić information content (AvgIpc) is 3.56. The largest absolute Gasteiger partial charge is 0.493 e. The first kappa shape index (κ1) is 25.2. The predicted molar refractivity (Wildman–Crippen MR) is 134 cm³/mol. The summed E-state index contributed by atoms with van der Waals surface area (Å²) in [6.07, 6.45) is 4.58. The highest BCUT2D eigenvalue weighted by Crippen LogP contribution is 2.41. The van der Waals surface area contributed by atoms with Crippen LogP contribution in [0.4, 0.5) is 0 Å². The van der Waals surface area contributed by atoms with Crippen molar-refractivity contribution in [1.29, 1.82) is 0 Å². The van der Waals surface area contributed by atoms with Gasteiger partial charge in [0.15, 0.2) is 9.84 Å². The first-order valence-electron chi connectivity index (χ1n) is 11.9. The van der Waals surface area contributed by atoms with Gasteiger partial charge in [0.25, 0.3) is 11.6 Å². The van der Waals surface area contributed by atoms with Crippen molar-refractivity contribution < 1.29 is 22.5 Å². The number of benzene rings is 1. The molecule has 188 valence electrons. The normalized spacial score (nSPS) is 14.3. The minimum Gasteiger partial charge on any atom is -0.493 e. The SMILES string of the molecule is CN(CCCOc1cccc(S(C)(=O)=O)c1)C(=O)c1cc(C2CC2)nc2onc(CC(C)(C)C)c12. The van der Waals surface area contributed by atoms with E-state index in [-0.39, 0.29) is 16.2 Å². The van der Waals surface area contributed by atoms with E-state index >= 15 is 0 Å². The van der Waals surface area contributed by atoms with Gasteiger partial charge in [-0.25, -0.2) is 13.4 Å². The molecule has 8 nitrogen and oxygen atoms in total. The minimum atomic E-state index is -3.30. The summed E-state index contributed by atoms with van der Waals surface area (Å²) in [5.41, 5.74) is 2.65. The molecule has 0 radical (unpaired) electrons. The second-order valence-electron chi connectivity index (χ2n) is 10.6. The van der Waals surface area contributed by atoms with Gasteiger partial charge in [-0.1, -0.05) is 32.0 Å². The van der Waals surface area contributed by atoms with E-state index in [0.717, 1.165) is 24.2 Å². The number of sulfone groups is 1. The molecule has 3 aromatic rings. The lowest BCUT2D eigenvalue weighted by Crippen LogP contribution is -2.29. The highest BCUT2D eigenvalue weighted by Gasteiger charge is 2.30. The summed E-state index contributed by atoms with van der Waals surface area (Å²) >= 11 is 0. The lowest BCUT2D eigenvalue weighted by atomic mass is 9.89. The highest BCUT2D eigenvalue weighted by atomic mass is 32.2. The van der Waals surface area contributed by atoms with Gasteiger partial charge < -0.3 is 14.2 Å². The van der Waals surface area contributed by atoms with Crippen LogP contribution < -0.4 is 4.74 Å². The number of pyridine rings is 1. The lowest BCUT2D eigenvalue weighted by Gasteiger charge is -2.19. The molecule has 0 spiro atoms. The van der Waals surface area contributed by atoms with E-state index in [2.05, 4.69) is 30.9 Å². The molecule has 0 N–H and O–H groups in total. The van der Waals surface area contributed by atoms with Crippen molar-refractivity contribution in [2.24, 2.45) is 5.41 Å². The van der Waals surface area contributed by atoms with E-state index < -0.39 is 9.84 Å². The molecule has 1 amide bonds. The number of carbonyl (C=O) groups excluding carboxylic acids is 1. The summed E-state index contributed by atoms with van der Waals surface area (Å²) in [5.74, 6) is 0.767. The topological polar surface area (TPSA) is 103 Å². The standard InChI is InChI=1S/C26H33N3O5S/c1-26(2,3)16-22-23-20(15-21(17-10-11-17)27-24(23)34-28-22)25(30)29(4)12-7-13-33-18-8-6-9-19(14-18)35(5,31)32/h6,8-9,14-15,17H,7,10-13,16H2,1-5H3. The molecule has 0 saturated heterocycles. The maximum atomic E-state index is 13.5. The van der Waals surface area contributed by atoms with Crippen molar-refractivity contribution >= 4 is 26.8 Å². The van der Waals surface area contributed by atoms with Crippen molar-refractivity contribution in [2.45, 2.75) is 57.3 Å². The summed E-state index contributed by atoms with van der Waals surface area (Å²) in [5, 5.41) is 4.97. The Morgan fingerprint density at radius 3 is 2.63 bits per heavy atom.